The molecule has 0 aromatic heterocycles. The van der Waals surface area contributed by atoms with E-state index in [1.54, 1.807) is 36.4 Å². The highest BCUT2D eigenvalue weighted by atomic mass is 16.6. The van der Waals surface area contributed by atoms with Gasteiger partial charge >= 0.3 is 12.0 Å². The van der Waals surface area contributed by atoms with Crippen molar-refractivity contribution in [3.8, 4) is 17.2 Å². The van der Waals surface area contributed by atoms with Gasteiger partial charge < -0.3 is 24.3 Å². The number of amides is 3. The molecule has 9 heteroatoms. The number of imide groups is 1. The highest BCUT2D eigenvalue weighted by molar-refractivity contribution is 6.02. The third-order valence-electron chi connectivity index (χ3n) is 3.71. The molecule has 0 aliphatic carbocycles. The molecule has 1 aliphatic rings. The Balaban J connectivity index is 1.49. The Hall–Kier alpha value is -3.75. The first-order valence-electron chi connectivity index (χ1n) is 8.37. The van der Waals surface area contributed by atoms with Gasteiger partial charge in [-0.3, -0.25) is 10.1 Å². The number of benzene rings is 2. The van der Waals surface area contributed by atoms with E-state index in [2.05, 4.69) is 10.6 Å². The summed E-state index contributed by atoms with van der Waals surface area (Å²) in [5.41, 5.74) is 0.596. The number of carbonyl (C=O) groups excluding carboxylic acids is 3. The molecule has 1 aliphatic heterocycles. The van der Waals surface area contributed by atoms with Crippen molar-refractivity contribution in [3.63, 3.8) is 0 Å². The third kappa shape index (κ3) is 4.70. The second-order valence-corrected chi connectivity index (χ2v) is 5.64. The smallest absolute Gasteiger partial charge is 0.342 e. The molecule has 0 saturated heterocycles. The van der Waals surface area contributed by atoms with E-state index in [0.29, 0.717) is 36.1 Å². The summed E-state index contributed by atoms with van der Waals surface area (Å²) in [6.45, 7) is 0.256. The lowest BCUT2D eigenvalue weighted by molar-refractivity contribution is -0.123. The van der Waals surface area contributed by atoms with Crippen molar-refractivity contribution in [2.24, 2.45) is 0 Å². The van der Waals surface area contributed by atoms with Crippen molar-refractivity contribution in [3.05, 3.63) is 48.0 Å². The van der Waals surface area contributed by atoms with Gasteiger partial charge in [-0.25, -0.2) is 9.59 Å². The molecule has 0 unspecified atom stereocenters. The number of carbonyl (C=O) groups is 3. The molecular weight excluding hydrogens is 368 g/mol. The number of rotatable bonds is 5. The van der Waals surface area contributed by atoms with Crippen LogP contribution in [0.2, 0.25) is 0 Å². The lowest BCUT2D eigenvalue weighted by Crippen LogP contribution is -2.37. The SMILES string of the molecule is COc1ccccc1C(=O)OCC(=O)NC(=O)Nc1ccc2c(c1)OCCO2. The molecule has 0 spiro atoms. The molecule has 0 bridgehead atoms. The van der Waals surface area contributed by atoms with Crippen LogP contribution in [0.3, 0.4) is 0 Å². The number of fused-ring (bicyclic) bond motifs is 1. The summed E-state index contributed by atoms with van der Waals surface area (Å²) < 4.78 is 20.8. The molecule has 0 fully saturated rings. The second kappa shape index (κ2) is 8.76. The monoisotopic (exact) mass is 386 g/mol. The van der Waals surface area contributed by atoms with Crippen LogP contribution >= 0.6 is 0 Å². The molecule has 1 heterocycles. The van der Waals surface area contributed by atoms with Crippen molar-refractivity contribution in [1.29, 1.82) is 0 Å². The summed E-state index contributed by atoms with van der Waals surface area (Å²) in [5, 5.41) is 4.57. The van der Waals surface area contributed by atoms with Crippen LogP contribution in [0.4, 0.5) is 10.5 Å². The standard InChI is InChI=1S/C19H18N2O7/c1-25-14-5-3-2-4-13(14)18(23)28-11-17(22)21-19(24)20-12-6-7-15-16(10-12)27-9-8-26-15/h2-7,10H,8-9,11H2,1H3,(H2,20,21,22,24). The summed E-state index contributed by atoms with van der Waals surface area (Å²) in [4.78, 5) is 35.8. The van der Waals surface area contributed by atoms with Crippen molar-refractivity contribution in [2.45, 2.75) is 0 Å². The Bertz CT molecular complexity index is 898. The first-order chi connectivity index (χ1) is 13.6. The molecule has 2 aromatic rings. The molecule has 3 amide bonds. The average molecular weight is 386 g/mol. The van der Waals surface area contributed by atoms with Gasteiger partial charge in [0.25, 0.3) is 5.91 Å². The molecule has 3 rings (SSSR count). The van der Waals surface area contributed by atoms with E-state index < -0.39 is 24.5 Å². The van der Waals surface area contributed by atoms with Gasteiger partial charge in [-0.2, -0.15) is 0 Å². The maximum absolute atomic E-state index is 12.0. The zero-order valence-electron chi connectivity index (χ0n) is 15.0. The van der Waals surface area contributed by atoms with E-state index in [9.17, 15) is 14.4 Å². The number of nitrogens with one attached hydrogen (secondary N) is 2. The number of ether oxygens (including phenoxy) is 4. The maximum Gasteiger partial charge on any atom is 0.342 e. The predicted octanol–water partition coefficient (Wildman–Crippen LogP) is 1.97. The second-order valence-electron chi connectivity index (χ2n) is 5.64. The molecule has 0 saturated carbocycles. The number of esters is 1. The molecule has 0 atom stereocenters. The van der Waals surface area contributed by atoms with Gasteiger partial charge in [0, 0.05) is 11.8 Å². The van der Waals surface area contributed by atoms with Gasteiger partial charge in [-0.15, -0.1) is 0 Å². The summed E-state index contributed by atoms with van der Waals surface area (Å²) >= 11 is 0. The Kier molecular flexibility index (Phi) is 5.95. The first kappa shape index (κ1) is 19.0. The van der Waals surface area contributed by atoms with E-state index in [1.165, 1.54) is 13.2 Å². The lowest BCUT2D eigenvalue weighted by atomic mass is 10.2. The van der Waals surface area contributed by atoms with Gasteiger partial charge in [0.2, 0.25) is 0 Å². The Labute approximate surface area is 160 Å². The summed E-state index contributed by atoms with van der Waals surface area (Å²) in [6, 6.07) is 10.5. The fourth-order valence-corrected chi connectivity index (χ4v) is 2.47. The van der Waals surface area contributed by atoms with Crippen LogP contribution in [0.5, 0.6) is 17.2 Å². The van der Waals surface area contributed by atoms with Gasteiger partial charge in [0.05, 0.1) is 7.11 Å². The van der Waals surface area contributed by atoms with Crippen molar-refractivity contribution < 1.29 is 33.3 Å². The molecule has 0 radical (unpaired) electrons. The fourth-order valence-electron chi connectivity index (χ4n) is 2.47. The number of hydrogen-bond acceptors (Lipinski definition) is 7. The zero-order chi connectivity index (χ0) is 19.9. The quantitative estimate of drug-likeness (QED) is 0.756. The van der Waals surface area contributed by atoms with Gasteiger partial charge in [-0.05, 0) is 24.3 Å². The van der Waals surface area contributed by atoms with Gasteiger partial charge in [-0.1, -0.05) is 12.1 Å². The Morgan fingerprint density at radius 1 is 1.04 bits per heavy atom. The van der Waals surface area contributed by atoms with E-state index in [0.717, 1.165) is 0 Å². The predicted molar refractivity (Wildman–Crippen MR) is 97.9 cm³/mol. The van der Waals surface area contributed by atoms with Crippen molar-refractivity contribution in [1.82, 2.24) is 5.32 Å². The molecule has 2 aromatic carbocycles. The first-order valence-corrected chi connectivity index (χ1v) is 8.37. The van der Waals surface area contributed by atoms with E-state index in [4.69, 9.17) is 18.9 Å². The summed E-state index contributed by atoms with van der Waals surface area (Å²) in [5.74, 6) is -0.111. The maximum atomic E-state index is 12.0. The van der Waals surface area contributed by atoms with Crippen LogP contribution in [0.1, 0.15) is 10.4 Å². The molecule has 2 N–H and O–H groups in total. The van der Waals surface area contributed by atoms with Crippen LogP contribution in [-0.4, -0.2) is 44.8 Å². The van der Waals surface area contributed by atoms with Crippen molar-refractivity contribution >= 4 is 23.6 Å². The average Bonchev–Trinajstić information content (AvgIpc) is 2.71. The van der Waals surface area contributed by atoms with Crippen molar-refractivity contribution in [2.75, 3.05) is 32.2 Å². The van der Waals surface area contributed by atoms with Crippen LogP contribution in [0, 0.1) is 0 Å². The molecular formula is C19H18N2O7. The molecule has 146 valence electrons. The number of urea groups is 1. The van der Waals surface area contributed by atoms with Crippen LogP contribution < -0.4 is 24.8 Å². The normalized spacial score (nSPS) is 11.9. The lowest BCUT2D eigenvalue weighted by Gasteiger charge is -2.19. The Morgan fingerprint density at radius 3 is 2.57 bits per heavy atom. The van der Waals surface area contributed by atoms with Crippen LogP contribution in [-0.2, 0) is 9.53 Å². The highest BCUT2D eigenvalue weighted by Gasteiger charge is 2.17. The zero-order valence-corrected chi connectivity index (χ0v) is 15.0. The fraction of sp³-hybridized carbons (Fsp3) is 0.211. The third-order valence-corrected chi connectivity index (χ3v) is 3.71. The topological polar surface area (TPSA) is 112 Å². The van der Waals surface area contributed by atoms with E-state index in [-0.39, 0.29) is 5.56 Å². The minimum Gasteiger partial charge on any atom is -0.496 e. The minimum absolute atomic E-state index is 0.179. The van der Waals surface area contributed by atoms with E-state index in [1.807, 2.05) is 0 Å². The van der Waals surface area contributed by atoms with Crippen LogP contribution in [0.15, 0.2) is 42.5 Å². The van der Waals surface area contributed by atoms with E-state index >= 15 is 0 Å². The summed E-state index contributed by atoms with van der Waals surface area (Å²) in [6.07, 6.45) is 0. The summed E-state index contributed by atoms with van der Waals surface area (Å²) in [7, 11) is 1.42. The number of para-hydroxylation sites is 1. The van der Waals surface area contributed by atoms with Gasteiger partial charge in [0.15, 0.2) is 18.1 Å². The minimum atomic E-state index is -0.779. The number of hydrogen-bond donors (Lipinski definition) is 2. The largest absolute Gasteiger partial charge is 0.496 e. The number of methoxy groups -OCH3 is 1. The van der Waals surface area contributed by atoms with Gasteiger partial charge in [0.1, 0.15) is 24.5 Å². The molecule has 9 nitrogen and oxygen atoms in total. The van der Waals surface area contributed by atoms with Crippen LogP contribution in [0.25, 0.3) is 0 Å². The number of anilines is 1. The molecule has 28 heavy (non-hydrogen) atoms. The highest BCUT2D eigenvalue weighted by Crippen LogP contribution is 2.32. The Morgan fingerprint density at radius 2 is 1.79 bits per heavy atom.